The number of carbonyl (C=O) groups excluding carboxylic acids is 1. The highest BCUT2D eigenvalue weighted by Gasteiger charge is 2.22. The monoisotopic (exact) mass is 227 g/mol. The zero-order valence-electron chi connectivity index (χ0n) is 11.9. The van der Waals surface area contributed by atoms with E-state index in [4.69, 9.17) is 0 Å². The zero-order chi connectivity index (χ0) is 12.8. The molecule has 16 heavy (non-hydrogen) atoms. The number of carbonyl (C=O) groups is 1. The Morgan fingerprint density at radius 1 is 1.19 bits per heavy atom. The first-order chi connectivity index (χ1) is 7.31. The van der Waals surface area contributed by atoms with Crippen molar-refractivity contribution in [2.24, 2.45) is 17.3 Å². The van der Waals surface area contributed by atoms with Gasteiger partial charge in [0.1, 0.15) is 0 Å². The lowest BCUT2D eigenvalue weighted by Crippen LogP contribution is -2.32. The van der Waals surface area contributed by atoms with E-state index in [0.717, 1.165) is 19.4 Å². The second-order valence-corrected chi connectivity index (χ2v) is 5.96. The summed E-state index contributed by atoms with van der Waals surface area (Å²) in [5, 5.41) is 3.05. The van der Waals surface area contributed by atoms with Crippen LogP contribution in [0, 0.1) is 17.3 Å². The molecule has 0 aromatic carbocycles. The Morgan fingerprint density at radius 3 is 2.06 bits per heavy atom. The van der Waals surface area contributed by atoms with Crippen molar-refractivity contribution >= 4 is 5.91 Å². The van der Waals surface area contributed by atoms with Gasteiger partial charge in [0.05, 0.1) is 0 Å². The number of rotatable bonds is 6. The molecule has 96 valence electrons. The van der Waals surface area contributed by atoms with Crippen molar-refractivity contribution < 1.29 is 4.79 Å². The maximum atomic E-state index is 11.7. The van der Waals surface area contributed by atoms with E-state index < -0.39 is 0 Å². The first-order valence-electron chi connectivity index (χ1n) is 6.57. The molecule has 1 atom stereocenters. The molecule has 0 radical (unpaired) electrons. The van der Waals surface area contributed by atoms with Gasteiger partial charge in [-0.15, -0.1) is 0 Å². The lowest BCUT2D eigenvalue weighted by molar-refractivity contribution is -0.122. The van der Waals surface area contributed by atoms with Gasteiger partial charge in [-0.05, 0) is 17.3 Å². The van der Waals surface area contributed by atoms with Crippen LogP contribution in [0.2, 0.25) is 0 Å². The molecule has 1 unspecified atom stereocenters. The van der Waals surface area contributed by atoms with Crippen molar-refractivity contribution in [3.8, 4) is 0 Å². The number of hydrogen-bond acceptors (Lipinski definition) is 1. The quantitative estimate of drug-likeness (QED) is 0.738. The second-order valence-electron chi connectivity index (χ2n) is 5.96. The van der Waals surface area contributed by atoms with Crippen LogP contribution in [0.1, 0.15) is 60.8 Å². The van der Waals surface area contributed by atoms with E-state index >= 15 is 0 Å². The third kappa shape index (κ3) is 6.14. The molecule has 0 rings (SSSR count). The van der Waals surface area contributed by atoms with E-state index in [9.17, 15) is 4.79 Å². The molecular formula is C14H29NO. The van der Waals surface area contributed by atoms with Crippen LogP contribution in [0.25, 0.3) is 0 Å². The van der Waals surface area contributed by atoms with Crippen molar-refractivity contribution in [2.75, 3.05) is 6.54 Å². The summed E-state index contributed by atoms with van der Waals surface area (Å²) in [6, 6.07) is 0. The van der Waals surface area contributed by atoms with E-state index in [2.05, 4.69) is 46.9 Å². The van der Waals surface area contributed by atoms with E-state index in [1.807, 2.05) is 0 Å². The molecule has 0 bridgehead atoms. The summed E-state index contributed by atoms with van der Waals surface area (Å²) in [5.74, 6) is 1.26. The summed E-state index contributed by atoms with van der Waals surface area (Å²) >= 11 is 0. The van der Waals surface area contributed by atoms with Gasteiger partial charge in [0.15, 0.2) is 0 Å². The van der Waals surface area contributed by atoms with Crippen LogP contribution in [0.4, 0.5) is 0 Å². The molecule has 0 aliphatic heterocycles. The minimum atomic E-state index is 0.203. The fourth-order valence-corrected chi connectivity index (χ4v) is 1.49. The van der Waals surface area contributed by atoms with Crippen molar-refractivity contribution in [1.29, 1.82) is 0 Å². The van der Waals surface area contributed by atoms with E-state index in [0.29, 0.717) is 18.3 Å². The van der Waals surface area contributed by atoms with Crippen LogP contribution in [0.5, 0.6) is 0 Å². The Hall–Kier alpha value is -0.530. The van der Waals surface area contributed by atoms with Gasteiger partial charge in [0, 0.05) is 13.0 Å². The summed E-state index contributed by atoms with van der Waals surface area (Å²) in [6.45, 7) is 13.9. The summed E-state index contributed by atoms with van der Waals surface area (Å²) in [6.07, 6.45) is 2.93. The molecule has 0 saturated carbocycles. The molecule has 0 aliphatic carbocycles. The third-order valence-corrected chi connectivity index (χ3v) is 3.71. The summed E-state index contributed by atoms with van der Waals surface area (Å²) in [5.41, 5.74) is 0.215. The standard InChI is InChI=1S/C14H29NO/c1-7-12(8-2)10-15-13(16)9-11(3)14(4,5)6/h11-12H,7-10H2,1-6H3,(H,15,16). The van der Waals surface area contributed by atoms with Crippen LogP contribution >= 0.6 is 0 Å². The minimum absolute atomic E-state index is 0.203. The van der Waals surface area contributed by atoms with Crippen molar-refractivity contribution in [3.63, 3.8) is 0 Å². The predicted molar refractivity (Wildman–Crippen MR) is 70.3 cm³/mol. The largest absolute Gasteiger partial charge is 0.356 e. The zero-order valence-corrected chi connectivity index (χ0v) is 11.9. The van der Waals surface area contributed by atoms with E-state index in [1.165, 1.54) is 0 Å². The van der Waals surface area contributed by atoms with Crippen molar-refractivity contribution in [1.82, 2.24) is 5.32 Å². The van der Waals surface area contributed by atoms with Gasteiger partial charge in [-0.2, -0.15) is 0 Å². The van der Waals surface area contributed by atoms with Gasteiger partial charge in [-0.25, -0.2) is 0 Å². The highest BCUT2D eigenvalue weighted by Crippen LogP contribution is 2.27. The number of hydrogen-bond donors (Lipinski definition) is 1. The van der Waals surface area contributed by atoms with Crippen LogP contribution in [0.15, 0.2) is 0 Å². The van der Waals surface area contributed by atoms with Gasteiger partial charge < -0.3 is 5.32 Å². The van der Waals surface area contributed by atoms with Crippen molar-refractivity contribution in [2.45, 2.75) is 60.8 Å². The third-order valence-electron chi connectivity index (χ3n) is 3.71. The molecule has 2 nitrogen and oxygen atoms in total. The highest BCUT2D eigenvalue weighted by atomic mass is 16.1. The van der Waals surface area contributed by atoms with Gasteiger partial charge in [-0.1, -0.05) is 54.4 Å². The Morgan fingerprint density at radius 2 is 1.69 bits per heavy atom. The molecule has 1 N–H and O–H groups in total. The molecule has 1 amide bonds. The van der Waals surface area contributed by atoms with E-state index in [1.54, 1.807) is 0 Å². The number of nitrogens with one attached hydrogen (secondary N) is 1. The maximum absolute atomic E-state index is 11.7. The smallest absolute Gasteiger partial charge is 0.220 e. The molecule has 0 aliphatic rings. The Balaban J connectivity index is 3.91. The molecule has 0 heterocycles. The fraction of sp³-hybridized carbons (Fsp3) is 0.929. The SMILES string of the molecule is CCC(CC)CNC(=O)CC(C)C(C)(C)C. The summed E-state index contributed by atoms with van der Waals surface area (Å²) < 4.78 is 0. The first kappa shape index (κ1) is 15.5. The fourth-order valence-electron chi connectivity index (χ4n) is 1.49. The lowest BCUT2D eigenvalue weighted by Gasteiger charge is -2.26. The average molecular weight is 227 g/mol. The summed E-state index contributed by atoms with van der Waals surface area (Å²) in [7, 11) is 0. The Labute approximate surface area is 101 Å². The van der Waals surface area contributed by atoms with Crippen molar-refractivity contribution in [3.05, 3.63) is 0 Å². The number of amides is 1. The topological polar surface area (TPSA) is 29.1 Å². The maximum Gasteiger partial charge on any atom is 0.220 e. The second kappa shape index (κ2) is 6.93. The van der Waals surface area contributed by atoms with Crippen LogP contribution in [-0.2, 0) is 4.79 Å². The molecule has 0 aromatic rings. The van der Waals surface area contributed by atoms with Gasteiger partial charge >= 0.3 is 0 Å². The molecule has 0 fully saturated rings. The average Bonchev–Trinajstić information content (AvgIpc) is 2.17. The Kier molecular flexibility index (Phi) is 6.70. The van der Waals surface area contributed by atoms with Crippen LogP contribution in [0.3, 0.4) is 0 Å². The molecule has 0 aromatic heterocycles. The normalized spacial score (nSPS) is 13.9. The first-order valence-corrected chi connectivity index (χ1v) is 6.57. The molecule has 0 saturated heterocycles. The highest BCUT2D eigenvalue weighted by molar-refractivity contribution is 5.76. The molecule has 2 heteroatoms. The lowest BCUT2D eigenvalue weighted by atomic mass is 9.80. The van der Waals surface area contributed by atoms with Gasteiger partial charge in [0.2, 0.25) is 5.91 Å². The van der Waals surface area contributed by atoms with Crippen LogP contribution < -0.4 is 5.32 Å². The molecule has 0 spiro atoms. The van der Waals surface area contributed by atoms with Gasteiger partial charge in [0.25, 0.3) is 0 Å². The minimum Gasteiger partial charge on any atom is -0.356 e. The molecular weight excluding hydrogens is 198 g/mol. The van der Waals surface area contributed by atoms with Crippen LogP contribution in [-0.4, -0.2) is 12.5 Å². The van der Waals surface area contributed by atoms with Gasteiger partial charge in [-0.3, -0.25) is 4.79 Å². The van der Waals surface area contributed by atoms with E-state index in [-0.39, 0.29) is 11.3 Å². The Bertz CT molecular complexity index is 201. The predicted octanol–water partition coefficient (Wildman–Crippen LogP) is 3.61. The summed E-state index contributed by atoms with van der Waals surface area (Å²) in [4.78, 5) is 11.7.